The van der Waals surface area contributed by atoms with Crippen LogP contribution in [0.25, 0.3) is 0 Å². The minimum Gasteiger partial charge on any atom is -0.165 e. The summed E-state index contributed by atoms with van der Waals surface area (Å²) in [6, 6.07) is 8.11. The maximum Gasteiger partial charge on any atom is 0.0441 e. The van der Waals surface area contributed by atoms with Gasteiger partial charge in [0.25, 0.3) is 0 Å². The van der Waals surface area contributed by atoms with Gasteiger partial charge in [0, 0.05) is 10.4 Å². The smallest absolute Gasteiger partial charge is 0.0441 e. The van der Waals surface area contributed by atoms with Crippen LogP contribution in [0.4, 0.5) is 0 Å². The Balaban J connectivity index is 2.73. The molecule has 0 saturated heterocycles. The van der Waals surface area contributed by atoms with Gasteiger partial charge in [-0.3, -0.25) is 0 Å². The minimum absolute atomic E-state index is 0.538. The summed E-state index contributed by atoms with van der Waals surface area (Å²) in [5, 5.41) is 1.87. The van der Waals surface area contributed by atoms with Gasteiger partial charge in [-0.25, -0.2) is 0 Å². The van der Waals surface area contributed by atoms with Crippen molar-refractivity contribution in [1.82, 2.24) is 0 Å². The molecule has 0 saturated carbocycles. The highest BCUT2D eigenvalue weighted by molar-refractivity contribution is 9.09. The molecule has 0 N–H and O–H groups in total. The van der Waals surface area contributed by atoms with Gasteiger partial charge in [-0.15, -0.1) is 0 Å². The molecule has 0 spiro atoms. The molecule has 1 aromatic carbocycles. The summed E-state index contributed by atoms with van der Waals surface area (Å²) in [4.78, 5) is 0. The van der Waals surface area contributed by atoms with E-state index in [-0.39, 0.29) is 0 Å². The summed E-state index contributed by atoms with van der Waals surface area (Å²) in [6.45, 7) is 0. The molecule has 78 valence electrons. The normalized spacial score (nSPS) is 12.8. The van der Waals surface area contributed by atoms with Crippen molar-refractivity contribution in [3.05, 3.63) is 34.9 Å². The van der Waals surface area contributed by atoms with E-state index in [0.29, 0.717) is 5.92 Å². The number of alkyl halides is 1. The lowest BCUT2D eigenvalue weighted by atomic mass is 9.99. The van der Waals surface area contributed by atoms with Crippen LogP contribution < -0.4 is 0 Å². The summed E-state index contributed by atoms with van der Waals surface area (Å²) in [5.41, 5.74) is 1.26. The van der Waals surface area contributed by atoms with Crippen LogP contribution in [0.2, 0.25) is 5.02 Å². The largest absolute Gasteiger partial charge is 0.165 e. The van der Waals surface area contributed by atoms with Gasteiger partial charge in [0.05, 0.1) is 0 Å². The van der Waals surface area contributed by atoms with E-state index in [0.717, 1.165) is 10.4 Å². The molecule has 1 rings (SSSR count). The first kappa shape index (κ1) is 12.4. The zero-order chi connectivity index (χ0) is 10.4. The number of thioether (sulfide) groups is 1. The second-order valence-electron chi connectivity index (χ2n) is 3.15. The van der Waals surface area contributed by atoms with Crippen molar-refractivity contribution in [1.29, 1.82) is 0 Å². The quantitative estimate of drug-likeness (QED) is 0.717. The predicted molar refractivity (Wildman–Crippen MR) is 71.0 cm³/mol. The van der Waals surface area contributed by atoms with Crippen molar-refractivity contribution in [2.24, 2.45) is 0 Å². The Morgan fingerprint density at radius 3 is 2.71 bits per heavy atom. The van der Waals surface area contributed by atoms with Crippen LogP contribution in [0, 0.1) is 0 Å². The van der Waals surface area contributed by atoms with Crippen molar-refractivity contribution in [3.8, 4) is 0 Å². The van der Waals surface area contributed by atoms with Crippen LogP contribution in [0.15, 0.2) is 24.3 Å². The van der Waals surface area contributed by atoms with Gasteiger partial charge < -0.3 is 0 Å². The van der Waals surface area contributed by atoms with Gasteiger partial charge >= 0.3 is 0 Å². The van der Waals surface area contributed by atoms with Gasteiger partial charge in [0.1, 0.15) is 0 Å². The number of hydrogen-bond donors (Lipinski definition) is 0. The summed E-state index contributed by atoms with van der Waals surface area (Å²) in [5.74, 6) is 1.72. The maximum atomic E-state index is 6.15. The Morgan fingerprint density at radius 1 is 1.43 bits per heavy atom. The van der Waals surface area contributed by atoms with Crippen LogP contribution in [0.1, 0.15) is 17.9 Å². The molecule has 14 heavy (non-hydrogen) atoms. The zero-order valence-electron chi connectivity index (χ0n) is 8.17. The Morgan fingerprint density at radius 2 is 2.14 bits per heavy atom. The monoisotopic (exact) mass is 292 g/mol. The molecule has 1 atom stereocenters. The van der Waals surface area contributed by atoms with Crippen molar-refractivity contribution in [2.45, 2.75) is 12.3 Å². The molecule has 0 nitrogen and oxygen atoms in total. The lowest BCUT2D eigenvalue weighted by Crippen LogP contribution is -2.02. The number of benzene rings is 1. The summed E-state index contributed by atoms with van der Waals surface area (Å²) >= 11 is 11.6. The van der Waals surface area contributed by atoms with E-state index in [4.69, 9.17) is 11.6 Å². The number of rotatable bonds is 5. The van der Waals surface area contributed by atoms with Gasteiger partial charge in [-0.05, 0) is 36.0 Å². The fourth-order valence-corrected chi connectivity index (χ4v) is 2.86. The molecular formula is C11H14BrClS. The van der Waals surface area contributed by atoms with Crippen molar-refractivity contribution in [2.75, 3.05) is 17.3 Å². The van der Waals surface area contributed by atoms with Crippen LogP contribution >= 0.6 is 39.3 Å². The Kier molecular flexibility index (Phi) is 5.99. The van der Waals surface area contributed by atoms with Crippen molar-refractivity contribution < 1.29 is 0 Å². The third kappa shape index (κ3) is 3.48. The number of halogens is 2. The summed E-state index contributed by atoms with van der Waals surface area (Å²) < 4.78 is 0. The Bertz CT molecular complexity index is 278. The lowest BCUT2D eigenvalue weighted by Gasteiger charge is -2.15. The highest BCUT2D eigenvalue weighted by atomic mass is 79.9. The van der Waals surface area contributed by atoms with E-state index in [1.54, 1.807) is 0 Å². The molecular weight excluding hydrogens is 280 g/mol. The molecule has 0 heterocycles. The molecule has 0 bridgehead atoms. The molecule has 0 radical (unpaired) electrons. The lowest BCUT2D eigenvalue weighted by molar-refractivity contribution is 0.757. The third-order valence-electron chi connectivity index (χ3n) is 2.20. The Hall–Kier alpha value is 0.340. The molecule has 0 aliphatic rings. The van der Waals surface area contributed by atoms with Gasteiger partial charge in [0.2, 0.25) is 0 Å². The Labute approximate surface area is 104 Å². The first-order valence-corrected chi connectivity index (χ1v) is 7.48. The van der Waals surface area contributed by atoms with E-state index < -0.39 is 0 Å². The highest BCUT2D eigenvalue weighted by Crippen LogP contribution is 2.29. The van der Waals surface area contributed by atoms with Crippen LogP contribution in [-0.4, -0.2) is 17.3 Å². The zero-order valence-corrected chi connectivity index (χ0v) is 11.3. The molecule has 0 aromatic heterocycles. The van der Waals surface area contributed by atoms with E-state index in [1.807, 2.05) is 23.9 Å². The highest BCUT2D eigenvalue weighted by Gasteiger charge is 2.12. The first-order chi connectivity index (χ1) is 6.79. The van der Waals surface area contributed by atoms with E-state index in [2.05, 4.69) is 34.3 Å². The van der Waals surface area contributed by atoms with Crippen LogP contribution in [0.5, 0.6) is 0 Å². The molecule has 0 amide bonds. The third-order valence-corrected chi connectivity index (χ3v) is 3.97. The van der Waals surface area contributed by atoms with Crippen LogP contribution in [0.3, 0.4) is 0 Å². The van der Waals surface area contributed by atoms with Crippen LogP contribution in [-0.2, 0) is 0 Å². The summed E-state index contributed by atoms with van der Waals surface area (Å²) in [7, 11) is 0. The SMILES string of the molecule is CSCCC(CBr)c1ccccc1Cl. The fourth-order valence-electron chi connectivity index (χ4n) is 1.38. The van der Waals surface area contributed by atoms with Gasteiger partial charge in [-0.1, -0.05) is 45.7 Å². The average Bonchev–Trinajstić information content (AvgIpc) is 2.21. The second-order valence-corrected chi connectivity index (χ2v) is 5.19. The van der Waals surface area contributed by atoms with Crippen molar-refractivity contribution >= 4 is 39.3 Å². The number of hydrogen-bond acceptors (Lipinski definition) is 1. The minimum atomic E-state index is 0.538. The van der Waals surface area contributed by atoms with Gasteiger partial charge in [-0.2, -0.15) is 11.8 Å². The molecule has 1 unspecified atom stereocenters. The topological polar surface area (TPSA) is 0 Å². The predicted octanol–water partition coefficient (Wildman–Crippen LogP) is 4.57. The molecule has 3 heteroatoms. The molecule has 0 aliphatic heterocycles. The molecule has 0 fully saturated rings. The maximum absolute atomic E-state index is 6.15. The second kappa shape index (κ2) is 6.76. The average molecular weight is 294 g/mol. The van der Waals surface area contributed by atoms with Gasteiger partial charge in [0.15, 0.2) is 0 Å². The van der Waals surface area contributed by atoms with E-state index in [9.17, 15) is 0 Å². The summed E-state index contributed by atoms with van der Waals surface area (Å²) in [6.07, 6.45) is 3.31. The molecule has 1 aromatic rings. The fraction of sp³-hybridized carbons (Fsp3) is 0.455. The standard InChI is InChI=1S/C11H14BrClS/c1-14-7-6-9(8-12)10-4-2-3-5-11(10)13/h2-5,9H,6-8H2,1H3. The van der Waals surface area contributed by atoms with E-state index >= 15 is 0 Å². The van der Waals surface area contributed by atoms with Crippen molar-refractivity contribution in [3.63, 3.8) is 0 Å². The molecule has 0 aliphatic carbocycles. The van der Waals surface area contributed by atoms with E-state index in [1.165, 1.54) is 17.7 Å². The first-order valence-electron chi connectivity index (χ1n) is 4.59.